The monoisotopic (exact) mass is 355 g/mol. The molecule has 0 bridgehead atoms. The highest BCUT2D eigenvalue weighted by Gasteiger charge is 2.23. The van der Waals surface area contributed by atoms with Crippen molar-refractivity contribution in [1.82, 2.24) is 5.32 Å². The second kappa shape index (κ2) is 8.52. The molecule has 2 aromatic rings. The van der Waals surface area contributed by atoms with Gasteiger partial charge in [-0.1, -0.05) is 54.6 Å². The Balaban J connectivity index is 2.01. The summed E-state index contributed by atoms with van der Waals surface area (Å²) in [5.41, 5.74) is 2.53. The molecule has 2 aromatic carbocycles. The van der Waals surface area contributed by atoms with Crippen molar-refractivity contribution in [2.24, 2.45) is 0 Å². The number of nitrogens with one attached hydrogen (secondary N) is 1. The largest absolute Gasteiger partial charge is 0.480 e. The van der Waals surface area contributed by atoms with Crippen LogP contribution in [0.2, 0.25) is 0 Å². The normalized spacial score (nSPS) is 12.3. The van der Waals surface area contributed by atoms with Crippen LogP contribution >= 0.6 is 0 Å². The Morgan fingerprint density at radius 1 is 1.04 bits per heavy atom. The molecule has 5 nitrogen and oxygen atoms in total. The van der Waals surface area contributed by atoms with E-state index in [-0.39, 0.29) is 6.42 Å². The molecule has 1 amide bonds. The summed E-state index contributed by atoms with van der Waals surface area (Å²) in [6.45, 7) is 5.20. The summed E-state index contributed by atoms with van der Waals surface area (Å²) in [7, 11) is 0. The number of carbonyl (C=O) groups excluding carboxylic acids is 1. The standard InChI is InChI=1S/C21H25NO4/c1-21(2,3)26-20(25)22-18(19(23)24)13-12-15-8-7-11-17(14-15)16-9-5-4-6-10-16/h4-11,14,18H,12-13H2,1-3H3,(H,22,25)(H,23,24)/t18-/m0/s1. The summed E-state index contributed by atoms with van der Waals surface area (Å²) in [5, 5.41) is 11.8. The minimum Gasteiger partial charge on any atom is -0.480 e. The van der Waals surface area contributed by atoms with E-state index in [1.165, 1.54) is 0 Å². The highest BCUT2D eigenvalue weighted by atomic mass is 16.6. The van der Waals surface area contributed by atoms with Gasteiger partial charge in [-0.2, -0.15) is 0 Å². The third kappa shape index (κ3) is 6.24. The van der Waals surface area contributed by atoms with Gasteiger partial charge >= 0.3 is 12.1 Å². The highest BCUT2D eigenvalue weighted by Crippen LogP contribution is 2.21. The van der Waals surface area contributed by atoms with Gasteiger partial charge in [-0.25, -0.2) is 9.59 Å². The van der Waals surface area contributed by atoms with Crippen molar-refractivity contribution in [3.8, 4) is 11.1 Å². The number of carbonyl (C=O) groups is 2. The summed E-state index contributed by atoms with van der Waals surface area (Å²) in [5.74, 6) is -1.07. The van der Waals surface area contributed by atoms with Crippen LogP contribution in [0.3, 0.4) is 0 Å². The summed E-state index contributed by atoms with van der Waals surface area (Å²) < 4.78 is 5.13. The lowest BCUT2D eigenvalue weighted by molar-refractivity contribution is -0.139. The smallest absolute Gasteiger partial charge is 0.408 e. The molecule has 0 radical (unpaired) electrons. The van der Waals surface area contributed by atoms with Crippen LogP contribution in [0.25, 0.3) is 11.1 Å². The Morgan fingerprint density at radius 2 is 1.69 bits per heavy atom. The Morgan fingerprint density at radius 3 is 2.31 bits per heavy atom. The molecule has 2 N–H and O–H groups in total. The average Bonchev–Trinajstić information content (AvgIpc) is 2.58. The lowest BCUT2D eigenvalue weighted by atomic mass is 9.99. The van der Waals surface area contributed by atoms with Crippen molar-refractivity contribution in [1.29, 1.82) is 0 Å². The van der Waals surface area contributed by atoms with Crippen LogP contribution in [0.1, 0.15) is 32.8 Å². The maximum absolute atomic E-state index is 11.8. The van der Waals surface area contributed by atoms with Crippen LogP contribution in [-0.4, -0.2) is 28.8 Å². The number of rotatable bonds is 6. The first-order valence-electron chi connectivity index (χ1n) is 8.61. The predicted octanol–water partition coefficient (Wildman–Crippen LogP) is 4.26. The van der Waals surface area contributed by atoms with Gasteiger partial charge in [-0.3, -0.25) is 0 Å². The lowest BCUT2D eigenvalue weighted by Gasteiger charge is -2.22. The van der Waals surface area contributed by atoms with E-state index in [2.05, 4.69) is 5.32 Å². The lowest BCUT2D eigenvalue weighted by Crippen LogP contribution is -2.43. The van der Waals surface area contributed by atoms with E-state index >= 15 is 0 Å². The minimum atomic E-state index is -1.07. The molecule has 0 saturated heterocycles. The van der Waals surface area contributed by atoms with Crippen LogP contribution in [-0.2, 0) is 16.0 Å². The van der Waals surface area contributed by atoms with E-state index in [9.17, 15) is 14.7 Å². The molecule has 138 valence electrons. The fraction of sp³-hybridized carbons (Fsp3) is 0.333. The first-order chi connectivity index (χ1) is 12.2. The number of alkyl carbamates (subject to hydrolysis) is 1. The van der Waals surface area contributed by atoms with Gasteiger partial charge in [0.05, 0.1) is 0 Å². The molecule has 0 spiro atoms. The van der Waals surface area contributed by atoms with Crippen LogP contribution in [0, 0.1) is 0 Å². The van der Waals surface area contributed by atoms with Gasteiger partial charge in [0.2, 0.25) is 0 Å². The Hall–Kier alpha value is -2.82. The number of benzene rings is 2. The number of amides is 1. The second-order valence-corrected chi connectivity index (χ2v) is 7.14. The van der Waals surface area contributed by atoms with Crippen molar-refractivity contribution in [3.63, 3.8) is 0 Å². The Labute approximate surface area is 154 Å². The fourth-order valence-electron chi connectivity index (χ4n) is 2.56. The third-order valence-corrected chi connectivity index (χ3v) is 3.74. The van der Waals surface area contributed by atoms with Crippen LogP contribution < -0.4 is 5.32 Å². The third-order valence-electron chi connectivity index (χ3n) is 3.74. The summed E-state index contributed by atoms with van der Waals surface area (Å²) in [4.78, 5) is 23.3. The maximum atomic E-state index is 11.8. The van der Waals surface area contributed by atoms with Crippen LogP contribution in [0.15, 0.2) is 54.6 Å². The first-order valence-corrected chi connectivity index (χ1v) is 8.61. The van der Waals surface area contributed by atoms with Crippen LogP contribution in [0.5, 0.6) is 0 Å². The zero-order valence-electron chi connectivity index (χ0n) is 15.4. The predicted molar refractivity (Wildman–Crippen MR) is 101 cm³/mol. The Kier molecular flexibility index (Phi) is 6.39. The molecule has 0 saturated carbocycles. The van der Waals surface area contributed by atoms with Crippen molar-refractivity contribution < 1.29 is 19.4 Å². The molecule has 26 heavy (non-hydrogen) atoms. The highest BCUT2D eigenvalue weighted by molar-refractivity contribution is 5.80. The number of hydrogen-bond acceptors (Lipinski definition) is 3. The number of carboxylic acid groups (broad SMARTS) is 1. The van der Waals surface area contributed by atoms with E-state index in [0.29, 0.717) is 6.42 Å². The number of carboxylic acids is 1. The fourth-order valence-corrected chi connectivity index (χ4v) is 2.56. The first kappa shape index (κ1) is 19.5. The Bertz CT molecular complexity index is 750. The molecule has 0 unspecified atom stereocenters. The minimum absolute atomic E-state index is 0.285. The summed E-state index contributed by atoms with van der Waals surface area (Å²) >= 11 is 0. The number of hydrogen-bond donors (Lipinski definition) is 2. The molecule has 0 heterocycles. The second-order valence-electron chi connectivity index (χ2n) is 7.14. The summed E-state index contributed by atoms with van der Waals surface area (Å²) in [6, 6.07) is 17.0. The van der Waals surface area contributed by atoms with Crippen molar-refractivity contribution in [2.45, 2.75) is 45.3 Å². The van der Waals surface area contributed by atoms with Gasteiger partial charge in [-0.05, 0) is 50.3 Å². The van der Waals surface area contributed by atoms with Gasteiger partial charge in [0.15, 0.2) is 0 Å². The van der Waals surface area contributed by atoms with E-state index in [1.807, 2.05) is 54.6 Å². The number of ether oxygens (including phenoxy) is 1. The van der Waals surface area contributed by atoms with Gasteiger partial charge in [0.25, 0.3) is 0 Å². The molecular weight excluding hydrogens is 330 g/mol. The molecule has 0 aliphatic heterocycles. The van der Waals surface area contributed by atoms with E-state index in [4.69, 9.17) is 4.74 Å². The zero-order chi connectivity index (χ0) is 19.2. The van der Waals surface area contributed by atoms with Crippen LogP contribution in [0.4, 0.5) is 4.79 Å². The number of aliphatic carboxylic acids is 1. The van der Waals surface area contributed by atoms with Crippen molar-refractivity contribution in [2.75, 3.05) is 0 Å². The van der Waals surface area contributed by atoms with Gasteiger partial charge < -0.3 is 15.2 Å². The molecule has 0 aliphatic carbocycles. The van der Waals surface area contributed by atoms with E-state index in [0.717, 1.165) is 16.7 Å². The van der Waals surface area contributed by atoms with Crippen molar-refractivity contribution >= 4 is 12.1 Å². The SMILES string of the molecule is CC(C)(C)OC(=O)N[C@@H](CCc1cccc(-c2ccccc2)c1)C(=O)O. The summed E-state index contributed by atoms with van der Waals surface area (Å²) in [6.07, 6.45) is 0.100. The number of aryl methyl sites for hydroxylation is 1. The van der Waals surface area contributed by atoms with Crippen molar-refractivity contribution in [3.05, 3.63) is 60.2 Å². The molecule has 1 atom stereocenters. The molecule has 5 heteroatoms. The molecule has 0 aromatic heterocycles. The van der Waals surface area contributed by atoms with Gasteiger partial charge in [-0.15, -0.1) is 0 Å². The van der Waals surface area contributed by atoms with Gasteiger partial charge in [0, 0.05) is 0 Å². The molecule has 0 aliphatic rings. The molecule has 2 rings (SSSR count). The van der Waals surface area contributed by atoms with E-state index in [1.54, 1.807) is 20.8 Å². The molecule has 0 fully saturated rings. The maximum Gasteiger partial charge on any atom is 0.408 e. The zero-order valence-corrected chi connectivity index (χ0v) is 15.4. The molecular formula is C21H25NO4. The van der Waals surface area contributed by atoms with E-state index < -0.39 is 23.7 Å². The average molecular weight is 355 g/mol. The topological polar surface area (TPSA) is 75.6 Å². The van der Waals surface area contributed by atoms with Gasteiger partial charge in [0.1, 0.15) is 11.6 Å². The quantitative estimate of drug-likeness (QED) is 0.812.